The highest BCUT2D eigenvalue weighted by Gasteiger charge is 2.20. The third-order valence-corrected chi connectivity index (χ3v) is 2.23. The summed E-state index contributed by atoms with van der Waals surface area (Å²) in [5.41, 5.74) is 1.25. The highest BCUT2D eigenvalue weighted by molar-refractivity contribution is 5.25. The van der Waals surface area contributed by atoms with E-state index < -0.39 is 0 Å². The van der Waals surface area contributed by atoms with E-state index >= 15 is 0 Å². The fraction of sp³-hybridized carbons (Fsp3) is 0.692. The first-order chi connectivity index (χ1) is 6.09. The molecule has 0 aliphatic rings. The Bertz CT molecular complexity index is 233. The summed E-state index contributed by atoms with van der Waals surface area (Å²) in [6, 6.07) is 0. The number of hydrogen-bond acceptors (Lipinski definition) is 1. The third kappa shape index (κ3) is 3.99. The lowest BCUT2D eigenvalue weighted by Crippen LogP contribution is -2.14. The van der Waals surface area contributed by atoms with Crippen molar-refractivity contribution in [1.82, 2.24) is 0 Å². The van der Waals surface area contributed by atoms with Crippen LogP contribution in [-0.4, -0.2) is 7.11 Å². The van der Waals surface area contributed by atoms with E-state index in [9.17, 15) is 0 Å². The van der Waals surface area contributed by atoms with Crippen LogP contribution in [0.4, 0.5) is 0 Å². The third-order valence-electron chi connectivity index (χ3n) is 2.23. The van der Waals surface area contributed by atoms with Crippen molar-refractivity contribution < 1.29 is 4.74 Å². The van der Waals surface area contributed by atoms with Crippen LogP contribution in [0.5, 0.6) is 0 Å². The van der Waals surface area contributed by atoms with Gasteiger partial charge in [0.1, 0.15) is 5.76 Å². The molecule has 0 saturated heterocycles. The molecule has 0 amide bonds. The Balaban J connectivity index is 4.89. The van der Waals surface area contributed by atoms with Gasteiger partial charge in [0.2, 0.25) is 0 Å². The monoisotopic (exact) mass is 196 g/mol. The Morgan fingerprint density at radius 2 is 1.43 bits per heavy atom. The summed E-state index contributed by atoms with van der Waals surface area (Å²) in [6.07, 6.45) is 2.06. The van der Waals surface area contributed by atoms with E-state index in [1.54, 1.807) is 7.11 Å². The minimum absolute atomic E-state index is 0.0446. The molecule has 0 atom stereocenters. The first kappa shape index (κ1) is 13.3. The van der Waals surface area contributed by atoms with Crippen molar-refractivity contribution in [2.24, 2.45) is 10.8 Å². The molecular weight excluding hydrogens is 172 g/mol. The molecule has 0 aromatic heterocycles. The van der Waals surface area contributed by atoms with Crippen molar-refractivity contribution >= 4 is 0 Å². The molecule has 82 valence electrons. The van der Waals surface area contributed by atoms with Gasteiger partial charge in [-0.15, -0.1) is 0 Å². The minimum Gasteiger partial charge on any atom is -0.501 e. The van der Waals surface area contributed by atoms with E-state index in [4.69, 9.17) is 4.74 Å². The van der Waals surface area contributed by atoms with E-state index in [0.717, 1.165) is 11.3 Å². The van der Waals surface area contributed by atoms with E-state index in [1.165, 1.54) is 0 Å². The lowest BCUT2D eigenvalue weighted by Gasteiger charge is -2.25. The van der Waals surface area contributed by atoms with E-state index in [0.29, 0.717) is 0 Å². The Morgan fingerprint density at radius 3 is 1.64 bits per heavy atom. The molecule has 0 heterocycles. The minimum atomic E-state index is 0.0446. The highest BCUT2D eigenvalue weighted by atomic mass is 16.5. The van der Waals surface area contributed by atoms with Crippen LogP contribution in [0.15, 0.2) is 24.0 Å². The predicted octanol–water partition coefficient (Wildman–Crippen LogP) is 4.17. The van der Waals surface area contributed by atoms with Gasteiger partial charge in [-0.25, -0.2) is 0 Å². The summed E-state index contributed by atoms with van der Waals surface area (Å²) >= 11 is 0. The summed E-state index contributed by atoms with van der Waals surface area (Å²) in [4.78, 5) is 0. The van der Waals surface area contributed by atoms with Crippen molar-refractivity contribution in [2.45, 2.75) is 41.5 Å². The fourth-order valence-corrected chi connectivity index (χ4v) is 0.956. The topological polar surface area (TPSA) is 9.23 Å². The first-order valence-electron chi connectivity index (χ1n) is 5.04. The molecule has 0 saturated carbocycles. The van der Waals surface area contributed by atoms with Gasteiger partial charge in [0.05, 0.1) is 7.11 Å². The molecule has 0 bridgehead atoms. The second-order valence-electron chi connectivity index (χ2n) is 5.74. The van der Waals surface area contributed by atoms with Gasteiger partial charge in [-0.1, -0.05) is 48.1 Å². The van der Waals surface area contributed by atoms with Crippen LogP contribution in [0, 0.1) is 10.8 Å². The normalized spacial score (nSPS) is 14.1. The molecule has 0 fully saturated rings. The Morgan fingerprint density at radius 1 is 1.00 bits per heavy atom. The van der Waals surface area contributed by atoms with Crippen molar-refractivity contribution in [1.29, 1.82) is 0 Å². The molecule has 0 aliphatic heterocycles. The van der Waals surface area contributed by atoms with Crippen LogP contribution in [0.3, 0.4) is 0 Å². The Labute approximate surface area is 88.9 Å². The molecule has 14 heavy (non-hydrogen) atoms. The van der Waals surface area contributed by atoms with Gasteiger partial charge >= 0.3 is 0 Å². The van der Waals surface area contributed by atoms with Crippen LogP contribution >= 0.6 is 0 Å². The highest BCUT2D eigenvalue weighted by Crippen LogP contribution is 2.31. The zero-order valence-corrected chi connectivity index (χ0v) is 10.7. The van der Waals surface area contributed by atoms with Crippen molar-refractivity contribution in [3.8, 4) is 0 Å². The number of rotatable bonds is 2. The lowest BCUT2D eigenvalue weighted by atomic mass is 9.84. The molecule has 1 nitrogen and oxygen atoms in total. The zero-order valence-electron chi connectivity index (χ0n) is 10.7. The number of ether oxygens (including phenoxy) is 1. The van der Waals surface area contributed by atoms with Gasteiger partial charge in [-0.3, -0.25) is 0 Å². The summed E-state index contributed by atoms with van der Waals surface area (Å²) in [5.74, 6) is 0.984. The van der Waals surface area contributed by atoms with Crippen molar-refractivity contribution in [3.05, 3.63) is 24.0 Å². The SMILES string of the molecule is C=C(/C=C(\OC)C(C)(C)C)C(C)(C)C. The van der Waals surface area contributed by atoms with Gasteiger partial charge in [-0.2, -0.15) is 0 Å². The number of methoxy groups -OCH3 is 1. The van der Waals surface area contributed by atoms with Crippen LogP contribution in [0.25, 0.3) is 0 Å². The molecule has 0 N–H and O–H groups in total. The van der Waals surface area contributed by atoms with Crippen LogP contribution in [0.1, 0.15) is 41.5 Å². The van der Waals surface area contributed by atoms with Crippen LogP contribution in [-0.2, 0) is 4.74 Å². The van der Waals surface area contributed by atoms with E-state index in [-0.39, 0.29) is 10.8 Å². The molecule has 0 aromatic rings. The van der Waals surface area contributed by atoms with E-state index in [1.807, 2.05) is 0 Å². The number of allylic oxidation sites excluding steroid dienone is 3. The van der Waals surface area contributed by atoms with Crippen LogP contribution < -0.4 is 0 Å². The maximum atomic E-state index is 5.38. The Kier molecular flexibility index (Phi) is 3.99. The summed E-state index contributed by atoms with van der Waals surface area (Å²) < 4.78 is 5.38. The molecule has 0 rings (SSSR count). The van der Waals surface area contributed by atoms with Gasteiger partial charge in [0, 0.05) is 5.41 Å². The molecule has 1 heteroatoms. The smallest absolute Gasteiger partial charge is 0.101 e. The standard InChI is InChI=1S/C13H24O/c1-10(12(2,3)4)9-11(14-8)13(5,6)7/h9H,1H2,2-8H3/b11-9-. The maximum absolute atomic E-state index is 5.38. The second kappa shape index (κ2) is 4.20. The molecule has 0 radical (unpaired) electrons. The van der Waals surface area contributed by atoms with Crippen LogP contribution in [0.2, 0.25) is 0 Å². The largest absolute Gasteiger partial charge is 0.501 e. The maximum Gasteiger partial charge on any atom is 0.101 e. The average molecular weight is 196 g/mol. The Hall–Kier alpha value is -0.720. The molecule has 0 aliphatic carbocycles. The van der Waals surface area contributed by atoms with Gasteiger partial charge < -0.3 is 4.74 Å². The van der Waals surface area contributed by atoms with Gasteiger partial charge in [0.25, 0.3) is 0 Å². The van der Waals surface area contributed by atoms with Crippen molar-refractivity contribution in [3.63, 3.8) is 0 Å². The zero-order chi connectivity index (χ0) is 11.6. The quantitative estimate of drug-likeness (QED) is 0.476. The summed E-state index contributed by atoms with van der Waals surface area (Å²) in [5, 5.41) is 0. The summed E-state index contributed by atoms with van der Waals surface area (Å²) in [7, 11) is 1.72. The molecule has 0 spiro atoms. The number of hydrogen-bond donors (Lipinski definition) is 0. The average Bonchev–Trinajstić information content (AvgIpc) is 1.95. The molecule has 0 aromatic carbocycles. The van der Waals surface area contributed by atoms with Gasteiger partial charge in [0.15, 0.2) is 0 Å². The lowest BCUT2D eigenvalue weighted by molar-refractivity contribution is 0.205. The fourth-order valence-electron chi connectivity index (χ4n) is 0.956. The summed E-state index contributed by atoms with van der Waals surface area (Å²) in [6.45, 7) is 16.9. The first-order valence-corrected chi connectivity index (χ1v) is 5.04. The molecular formula is C13H24O. The van der Waals surface area contributed by atoms with Gasteiger partial charge in [-0.05, 0) is 17.1 Å². The molecule has 0 unspecified atom stereocenters. The predicted molar refractivity (Wildman–Crippen MR) is 63.1 cm³/mol. The second-order valence-corrected chi connectivity index (χ2v) is 5.74. The van der Waals surface area contributed by atoms with E-state index in [2.05, 4.69) is 54.2 Å². The van der Waals surface area contributed by atoms with Crippen molar-refractivity contribution in [2.75, 3.05) is 7.11 Å².